The fraction of sp³-hybridized carbons (Fsp3) is 0.583. The summed E-state index contributed by atoms with van der Waals surface area (Å²) in [6.07, 6.45) is 5.08. The molecule has 0 aromatic heterocycles. The summed E-state index contributed by atoms with van der Waals surface area (Å²) in [5.74, 6) is 0.487. The molecule has 4 nitrogen and oxygen atoms in total. The van der Waals surface area contributed by atoms with Crippen LogP contribution in [-0.2, 0) is 19.0 Å². The zero-order valence-electron chi connectivity index (χ0n) is 9.14. The van der Waals surface area contributed by atoms with Crippen LogP contribution in [0.5, 0.6) is 0 Å². The van der Waals surface area contributed by atoms with Crippen molar-refractivity contribution in [2.75, 3.05) is 13.7 Å². The van der Waals surface area contributed by atoms with Crippen molar-refractivity contribution in [3.05, 3.63) is 23.5 Å². The largest absolute Gasteiger partial charge is 0.472 e. The number of rotatable bonds is 2. The van der Waals surface area contributed by atoms with Gasteiger partial charge in [0.05, 0.1) is 32.3 Å². The highest BCUT2D eigenvalue weighted by Gasteiger charge is 2.46. The molecule has 16 heavy (non-hydrogen) atoms. The third-order valence-electron chi connectivity index (χ3n) is 3.61. The maximum Gasteiger partial charge on any atom is 0.309 e. The number of allylic oxidation sites excluding steroid dienone is 1. The molecule has 0 aromatic carbocycles. The van der Waals surface area contributed by atoms with Crippen LogP contribution >= 0.6 is 0 Å². The predicted octanol–water partition coefficient (Wildman–Crippen LogP) is 1.38. The van der Waals surface area contributed by atoms with Crippen LogP contribution in [-0.4, -0.2) is 26.0 Å². The van der Waals surface area contributed by atoms with Crippen molar-refractivity contribution >= 4 is 5.97 Å². The normalized spacial score (nSPS) is 34.9. The van der Waals surface area contributed by atoms with Crippen molar-refractivity contribution < 1.29 is 19.0 Å². The summed E-state index contributed by atoms with van der Waals surface area (Å²) in [6, 6.07) is 0. The third-order valence-corrected chi connectivity index (χ3v) is 3.61. The smallest absolute Gasteiger partial charge is 0.309 e. The van der Waals surface area contributed by atoms with Gasteiger partial charge in [-0.1, -0.05) is 6.08 Å². The van der Waals surface area contributed by atoms with Crippen molar-refractivity contribution in [3.63, 3.8) is 0 Å². The van der Waals surface area contributed by atoms with E-state index in [4.69, 9.17) is 9.47 Å². The summed E-state index contributed by atoms with van der Waals surface area (Å²) in [5, 5.41) is 0. The lowest BCUT2D eigenvalue weighted by Gasteiger charge is -2.30. The molecule has 4 heteroatoms. The fourth-order valence-corrected chi connectivity index (χ4v) is 2.78. The van der Waals surface area contributed by atoms with Gasteiger partial charge < -0.3 is 14.2 Å². The maximum atomic E-state index is 11.3. The van der Waals surface area contributed by atoms with Gasteiger partial charge in [0.15, 0.2) is 0 Å². The van der Waals surface area contributed by atoms with E-state index in [0.717, 1.165) is 12.0 Å². The zero-order chi connectivity index (χ0) is 11.1. The second kappa shape index (κ2) is 3.63. The van der Waals surface area contributed by atoms with Gasteiger partial charge in [-0.05, 0) is 23.5 Å². The van der Waals surface area contributed by atoms with Crippen molar-refractivity contribution in [2.24, 2.45) is 11.8 Å². The highest BCUT2D eigenvalue weighted by molar-refractivity contribution is 5.72. The lowest BCUT2D eigenvalue weighted by Crippen LogP contribution is -2.30. The molecule has 1 fully saturated rings. The Morgan fingerprint density at radius 2 is 2.50 bits per heavy atom. The van der Waals surface area contributed by atoms with Gasteiger partial charge in [0.25, 0.3) is 0 Å². The van der Waals surface area contributed by atoms with E-state index < -0.39 is 0 Å². The van der Waals surface area contributed by atoms with Crippen LogP contribution < -0.4 is 0 Å². The maximum absolute atomic E-state index is 11.3. The van der Waals surface area contributed by atoms with E-state index in [2.05, 4.69) is 10.8 Å². The molecule has 0 amide bonds. The Kier molecular flexibility index (Phi) is 2.24. The third kappa shape index (κ3) is 1.37. The van der Waals surface area contributed by atoms with Crippen LogP contribution in [0.2, 0.25) is 0 Å². The highest BCUT2D eigenvalue weighted by Crippen LogP contribution is 2.47. The molecular formula is C12H14O4. The van der Waals surface area contributed by atoms with Gasteiger partial charge in [-0.15, -0.1) is 0 Å². The summed E-state index contributed by atoms with van der Waals surface area (Å²) in [5.41, 5.74) is 2.36. The van der Waals surface area contributed by atoms with Crippen molar-refractivity contribution in [1.29, 1.82) is 0 Å². The Morgan fingerprint density at radius 3 is 3.31 bits per heavy atom. The SMILES string of the molecule is COC(=O)CC1=COC2OCC3=CC[C@@H]1C32. The average molecular weight is 222 g/mol. The number of esters is 1. The Morgan fingerprint density at radius 1 is 1.62 bits per heavy atom. The minimum Gasteiger partial charge on any atom is -0.472 e. The summed E-state index contributed by atoms with van der Waals surface area (Å²) < 4.78 is 15.7. The monoisotopic (exact) mass is 222 g/mol. The van der Waals surface area contributed by atoms with Gasteiger partial charge >= 0.3 is 5.97 Å². The fourth-order valence-electron chi connectivity index (χ4n) is 2.78. The summed E-state index contributed by atoms with van der Waals surface area (Å²) in [4.78, 5) is 11.3. The van der Waals surface area contributed by atoms with Crippen molar-refractivity contribution in [3.8, 4) is 0 Å². The Balaban J connectivity index is 1.80. The number of hydrogen-bond acceptors (Lipinski definition) is 4. The molecule has 0 saturated carbocycles. The molecule has 3 aliphatic rings. The Bertz CT molecular complexity index is 382. The molecule has 3 atom stereocenters. The van der Waals surface area contributed by atoms with Crippen LogP contribution in [0.1, 0.15) is 12.8 Å². The number of ether oxygens (including phenoxy) is 3. The first-order valence-corrected chi connectivity index (χ1v) is 5.51. The minimum atomic E-state index is -0.208. The molecule has 0 N–H and O–H groups in total. The van der Waals surface area contributed by atoms with Crippen LogP contribution in [0.25, 0.3) is 0 Å². The summed E-state index contributed by atoms with van der Waals surface area (Å²) in [6.45, 7) is 0.672. The molecule has 0 bridgehead atoms. The van der Waals surface area contributed by atoms with E-state index in [1.54, 1.807) is 6.26 Å². The highest BCUT2D eigenvalue weighted by atomic mass is 16.7. The molecule has 2 heterocycles. The molecule has 0 spiro atoms. The summed E-state index contributed by atoms with van der Waals surface area (Å²) in [7, 11) is 1.41. The van der Waals surface area contributed by atoms with Crippen molar-refractivity contribution in [2.45, 2.75) is 19.1 Å². The topological polar surface area (TPSA) is 44.8 Å². The van der Waals surface area contributed by atoms with Crippen LogP contribution in [0.4, 0.5) is 0 Å². The van der Waals surface area contributed by atoms with Gasteiger partial charge in [0.1, 0.15) is 0 Å². The molecular weight excluding hydrogens is 208 g/mol. The van der Waals surface area contributed by atoms with Crippen LogP contribution in [0.15, 0.2) is 23.5 Å². The van der Waals surface area contributed by atoms with E-state index in [1.165, 1.54) is 12.7 Å². The van der Waals surface area contributed by atoms with E-state index >= 15 is 0 Å². The second-order valence-electron chi connectivity index (χ2n) is 4.41. The lowest BCUT2D eigenvalue weighted by atomic mass is 9.83. The molecule has 1 aliphatic carbocycles. The number of carbonyl (C=O) groups excluding carboxylic acids is 1. The minimum absolute atomic E-state index is 0.139. The van der Waals surface area contributed by atoms with Gasteiger partial charge in [0, 0.05) is 0 Å². The van der Waals surface area contributed by atoms with E-state index in [1.807, 2.05) is 0 Å². The Labute approximate surface area is 93.9 Å². The molecule has 0 radical (unpaired) electrons. The van der Waals surface area contributed by atoms with Crippen molar-refractivity contribution in [1.82, 2.24) is 0 Å². The molecule has 0 aromatic rings. The van der Waals surface area contributed by atoms with E-state index in [0.29, 0.717) is 24.9 Å². The standard InChI is InChI=1S/C12H14O4/c1-14-10(13)4-8-6-16-12-11-7(5-15-12)2-3-9(8)11/h2,6,9,11-12H,3-5H2,1H3/t9-,11?,12?/m0/s1. The first-order valence-electron chi connectivity index (χ1n) is 5.51. The first kappa shape index (κ1) is 9.90. The van der Waals surface area contributed by atoms with Crippen LogP contribution in [0.3, 0.4) is 0 Å². The lowest BCUT2D eigenvalue weighted by molar-refractivity contribution is -0.141. The van der Waals surface area contributed by atoms with Gasteiger partial charge in [-0.2, -0.15) is 0 Å². The average Bonchev–Trinajstić information content (AvgIpc) is 2.88. The molecule has 86 valence electrons. The van der Waals surface area contributed by atoms with E-state index in [9.17, 15) is 4.79 Å². The molecule has 3 rings (SSSR count). The Hall–Kier alpha value is -1.29. The van der Waals surface area contributed by atoms with Gasteiger partial charge in [0.2, 0.25) is 6.29 Å². The quantitative estimate of drug-likeness (QED) is 0.523. The number of methoxy groups -OCH3 is 1. The van der Waals surface area contributed by atoms with Gasteiger partial charge in [-0.25, -0.2) is 0 Å². The number of hydrogen-bond donors (Lipinski definition) is 0. The summed E-state index contributed by atoms with van der Waals surface area (Å²) >= 11 is 0. The molecule has 2 aliphatic heterocycles. The number of carbonyl (C=O) groups is 1. The van der Waals surface area contributed by atoms with Crippen LogP contribution in [0, 0.1) is 11.8 Å². The zero-order valence-corrected chi connectivity index (χ0v) is 9.14. The predicted molar refractivity (Wildman–Crippen MR) is 55.2 cm³/mol. The molecule has 2 unspecified atom stereocenters. The van der Waals surface area contributed by atoms with Gasteiger partial charge in [-0.3, -0.25) is 4.79 Å². The molecule has 1 saturated heterocycles. The van der Waals surface area contributed by atoms with E-state index in [-0.39, 0.29) is 12.3 Å². The second-order valence-corrected chi connectivity index (χ2v) is 4.41. The first-order chi connectivity index (χ1) is 7.79.